The van der Waals surface area contributed by atoms with E-state index in [0.717, 1.165) is 26.1 Å². The molecule has 0 saturated carbocycles. The molecule has 0 amide bonds. The molecule has 0 aromatic rings. The van der Waals surface area contributed by atoms with Gasteiger partial charge in [-0.05, 0) is 12.8 Å². The fourth-order valence-electron chi connectivity index (χ4n) is 3.21. The topological polar surface area (TPSA) is 21.3 Å². The highest BCUT2D eigenvalue weighted by molar-refractivity contribution is 4.84. The van der Waals surface area contributed by atoms with Crippen LogP contribution in [-0.2, 0) is 4.74 Å². The Morgan fingerprint density at radius 1 is 0.850 bits per heavy atom. The molecular weight excluding hydrogens is 246 g/mol. The molecule has 0 aromatic heterocycles. The zero-order valence-electron chi connectivity index (χ0n) is 14.0. The molecule has 0 spiro atoms. The molecule has 1 N–H and O–H groups in total. The fourth-order valence-corrected chi connectivity index (χ4v) is 3.21. The predicted molar refractivity (Wildman–Crippen MR) is 88.3 cm³/mol. The molecule has 20 heavy (non-hydrogen) atoms. The highest BCUT2D eigenvalue weighted by atomic mass is 16.5. The second-order valence-corrected chi connectivity index (χ2v) is 6.49. The van der Waals surface area contributed by atoms with Crippen molar-refractivity contribution in [2.75, 3.05) is 19.7 Å². The highest BCUT2D eigenvalue weighted by Gasteiger charge is 2.30. The summed E-state index contributed by atoms with van der Waals surface area (Å²) in [6.45, 7) is 7.53. The summed E-state index contributed by atoms with van der Waals surface area (Å²) < 4.78 is 6.03. The van der Waals surface area contributed by atoms with Crippen LogP contribution in [-0.4, -0.2) is 25.3 Å². The minimum absolute atomic E-state index is 0.151. The monoisotopic (exact) mass is 283 g/mol. The largest absolute Gasteiger partial charge is 0.372 e. The van der Waals surface area contributed by atoms with Crippen LogP contribution >= 0.6 is 0 Å². The van der Waals surface area contributed by atoms with Gasteiger partial charge in [0.05, 0.1) is 12.2 Å². The normalized spacial score (nSPS) is 23.1. The van der Waals surface area contributed by atoms with Crippen LogP contribution in [0.3, 0.4) is 0 Å². The first-order chi connectivity index (χ1) is 9.83. The molecule has 2 nitrogen and oxygen atoms in total. The molecule has 1 atom stereocenters. The molecular formula is C18H37NO. The molecule has 120 valence electrons. The number of morpholine rings is 1. The quantitative estimate of drug-likeness (QED) is 0.505. The van der Waals surface area contributed by atoms with Gasteiger partial charge < -0.3 is 10.1 Å². The summed E-state index contributed by atoms with van der Waals surface area (Å²) in [5.74, 6) is 0. The van der Waals surface area contributed by atoms with E-state index in [1.54, 1.807) is 0 Å². The fraction of sp³-hybridized carbons (Fsp3) is 1.00. The van der Waals surface area contributed by atoms with Crippen molar-refractivity contribution in [3.63, 3.8) is 0 Å². The van der Waals surface area contributed by atoms with E-state index in [1.807, 2.05) is 0 Å². The zero-order chi connectivity index (χ0) is 14.5. The SMILES string of the molecule is CCCCCCCCCCCCC1(CC)CNCCO1. The van der Waals surface area contributed by atoms with Gasteiger partial charge in [-0.25, -0.2) is 0 Å². The second kappa shape index (κ2) is 11.6. The molecule has 1 aliphatic rings. The third-order valence-corrected chi connectivity index (χ3v) is 4.76. The standard InChI is InChI=1S/C18H37NO/c1-3-5-6-7-8-9-10-11-12-13-14-18(4-2)17-19-15-16-20-18/h19H,3-17H2,1-2H3. The van der Waals surface area contributed by atoms with E-state index >= 15 is 0 Å². The lowest BCUT2D eigenvalue weighted by Gasteiger charge is -2.37. The van der Waals surface area contributed by atoms with Gasteiger partial charge in [0.2, 0.25) is 0 Å². The highest BCUT2D eigenvalue weighted by Crippen LogP contribution is 2.25. The first-order valence-electron chi connectivity index (χ1n) is 9.17. The molecule has 1 fully saturated rings. The van der Waals surface area contributed by atoms with E-state index in [0.29, 0.717) is 0 Å². The number of hydrogen-bond donors (Lipinski definition) is 1. The number of hydrogen-bond acceptors (Lipinski definition) is 2. The maximum absolute atomic E-state index is 6.03. The number of unbranched alkanes of at least 4 members (excludes halogenated alkanes) is 9. The lowest BCUT2D eigenvalue weighted by Crippen LogP contribution is -2.49. The van der Waals surface area contributed by atoms with Crippen LogP contribution in [0, 0.1) is 0 Å². The minimum atomic E-state index is 0.151. The summed E-state index contributed by atoms with van der Waals surface area (Å²) in [4.78, 5) is 0. The third kappa shape index (κ3) is 7.64. The zero-order valence-corrected chi connectivity index (χ0v) is 14.0. The van der Waals surface area contributed by atoms with Gasteiger partial charge in [-0.15, -0.1) is 0 Å². The van der Waals surface area contributed by atoms with Crippen molar-refractivity contribution in [3.05, 3.63) is 0 Å². The Bertz CT molecular complexity index is 211. The number of nitrogens with one attached hydrogen (secondary N) is 1. The number of rotatable bonds is 12. The average molecular weight is 284 g/mol. The van der Waals surface area contributed by atoms with Gasteiger partial charge in [0.1, 0.15) is 0 Å². The van der Waals surface area contributed by atoms with E-state index in [1.165, 1.54) is 70.6 Å². The molecule has 1 rings (SSSR count). The van der Waals surface area contributed by atoms with Crippen molar-refractivity contribution in [1.82, 2.24) is 5.32 Å². The van der Waals surface area contributed by atoms with E-state index < -0.39 is 0 Å². The molecule has 0 radical (unpaired) electrons. The van der Waals surface area contributed by atoms with Crippen molar-refractivity contribution < 1.29 is 4.74 Å². The Labute approximate surface area is 127 Å². The van der Waals surface area contributed by atoms with Crippen LogP contribution in [0.2, 0.25) is 0 Å². The van der Waals surface area contributed by atoms with Crippen molar-refractivity contribution in [1.29, 1.82) is 0 Å². The van der Waals surface area contributed by atoms with Crippen LogP contribution in [0.4, 0.5) is 0 Å². The van der Waals surface area contributed by atoms with Crippen LogP contribution in [0.1, 0.15) is 90.9 Å². The number of ether oxygens (including phenoxy) is 1. The van der Waals surface area contributed by atoms with Crippen molar-refractivity contribution >= 4 is 0 Å². The Morgan fingerprint density at radius 2 is 1.45 bits per heavy atom. The van der Waals surface area contributed by atoms with Gasteiger partial charge in [-0.2, -0.15) is 0 Å². The van der Waals surface area contributed by atoms with Crippen molar-refractivity contribution in [3.8, 4) is 0 Å². The molecule has 1 heterocycles. The van der Waals surface area contributed by atoms with E-state index in [9.17, 15) is 0 Å². The van der Waals surface area contributed by atoms with Gasteiger partial charge in [0.15, 0.2) is 0 Å². The predicted octanol–water partition coefficient (Wildman–Crippen LogP) is 5.07. The Hall–Kier alpha value is -0.0800. The van der Waals surface area contributed by atoms with Gasteiger partial charge in [-0.3, -0.25) is 0 Å². The van der Waals surface area contributed by atoms with Gasteiger partial charge in [0, 0.05) is 13.1 Å². The molecule has 1 saturated heterocycles. The first kappa shape index (κ1) is 18.0. The smallest absolute Gasteiger partial charge is 0.0804 e. The summed E-state index contributed by atoms with van der Waals surface area (Å²) in [5.41, 5.74) is 0.151. The molecule has 2 heteroatoms. The lowest BCUT2D eigenvalue weighted by molar-refractivity contribution is -0.0748. The molecule has 1 aliphatic heterocycles. The maximum atomic E-state index is 6.03. The van der Waals surface area contributed by atoms with Crippen molar-refractivity contribution in [2.45, 2.75) is 96.5 Å². The minimum Gasteiger partial charge on any atom is -0.372 e. The molecule has 0 bridgehead atoms. The van der Waals surface area contributed by atoms with E-state index in [4.69, 9.17) is 4.74 Å². The second-order valence-electron chi connectivity index (χ2n) is 6.49. The van der Waals surface area contributed by atoms with Crippen LogP contribution in [0.25, 0.3) is 0 Å². The summed E-state index contributed by atoms with van der Waals surface area (Å²) in [6.07, 6.45) is 16.5. The lowest BCUT2D eigenvalue weighted by atomic mass is 9.91. The van der Waals surface area contributed by atoms with Crippen molar-refractivity contribution in [2.24, 2.45) is 0 Å². The Morgan fingerprint density at radius 3 is 1.95 bits per heavy atom. The van der Waals surface area contributed by atoms with Crippen LogP contribution < -0.4 is 5.32 Å². The first-order valence-corrected chi connectivity index (χ1v) is 9.17. The molecule has 0 aromatic carbocycles. The van der Waals surface area contributed by atoms with E-state index in [-0.39, 0.29) is 5.60 Å². The Kier molecular flexibility index (Phi) is 10.4. The molecule has 1 unspecified atom stereocenters. The summed E-state index contributed by atoms with van der Waals surface area (Å²) in [5, 5.41) is 3.49. The summed E-state index contributed by atoms with van der Waals surface area (Å²) in [6, 6.07) is 0. The van der Waals surface area contributed by atoms with Gasteiger partial charge in [-0.1, -0.05) is 78.1 Å². The van der Waals surface area contributed by atoms with Gasteiger partial charge in [0.25, 0.3) is 0 Å². The summed E-state index contributed by atoms with van der Waals surface area (Å²) >= 11 is 0. The van der Waals surface area contributed by atoms with Crippen LogP contribution in [0.15, 0.2) is 0 Å². The maximum Gasteiger partial charge on any atom is 0.0804 e. The van der Waals surface area contributed by atoms with Crippen LogP contribution in [0.5, 0.6) is 0 Å². The average Bonchev–Trinajstić information content (AvgIpc) is 2.50. The summed E-state index contributed by atoms with van der Waals surface area (Å²) in [7, 11) is 0. The third-order valence-electron chi connectivity index (χ3n) is 4.76. The van der Waals surface area contributed by atoms with E-state index in [2.05, 4.69) is 19.2 Å². The molecule has 0 aliphatic carbocycles. The van der Waals surface area contributed by atoms with Gasteiger partial charge >= 0.3 is 0 Å². The Balaban J connectivity index is 1.91.